The van der Waals surface area contributed by atoms with Gasteiger partial charge in [0.05, 0.1) is 0 Å². The van der Waals surface area contributed by atoms with Crippen LogP contribution < -0.4 is 4.90 Å². The van der Waals surface area contributed by atoms with Crippen LogP contribution in [0.1, 0.15) is 28.7 Å². The molecular weight excluding hydrogens is 328 g/mol. The summed E-state index contributed by atoms with van der Waals surface area (Å²) in [4.78, 5) is 2.25. The smallest absolute Gasteiger partial charge is 0.123 e. The van der Waals surface area contributed by atoms with Crippen molar-refractivity contribution in [1.82, 2.24) is 0 Å². The number of anilines is 1. The minimum Gasteiger partial charge on any atom is -0.374 e. The normalized spacial score (nSPS) is 15.6. The average molecular weight is 349 g/mol. The number of halogens is 2. The fourth-order valence-electron chi connectivity index (χ4n) is 4.15. The third kappa shape index (κ3) is 2.59. The molecule has 0 amide bonds. The Hall–Kier alpha value is -2.68. The molecule has 3 aromatic rings. The zero-order valence-corrected chi connectivity index (χ0v) is 15.0. The zero-order valence-electron chi connectivity index (χ0n) is 15.0. The minimum atomic E-state index is -0.421. The largest absolute Gasteiger partial charge is 0.374 e. The SMILES string of the molecule is Cc1ccc2c(c1)C(c1ccc(F)cc1)(c1ccc(F)cc1)CCN2C. The molecule has 0 saturated carbocycles. The van der Waals surface area contributed by atoms with Crippen molar-refractivity contribution >= 4 is 5.69 Å². The lowest BCUT2D eigenvalue weighted by Crippen LogP contribution is -2.40. The Morgan fingerprint density at radius 2 is 1.35 bits per heavy atom. The summed E-state index contributed by atoms with van der Waals surface area (Å²) in [6, 6.07) is 19.9. The molecule has 0 fully saturated rings. The fourth-order valence-corrected chi connectivity index (χ4v) is 4.15. The van der Waals surface area contributed by atoms with E-state index in [9.17, 15) is 8.78 Å². The van der Waals surface area contributed by atoms with E-state index in [1.165, 1.54) is 35.4 Å². The van der Waals surface area contributed by atoms with Crippen LogP contribution in [0, 0.1) is 18.6 Å². The first-order valence-electron chi connectivity index (χ1n) is 8.85. The maximum atomic E-state index is 13.6. The fraction of sp³-hybridized carbons (Fsp3) is 0.217. The Labute approximate surface area is 152 Å². The van der Waals surface area contributed by atoms with E-state index in [0.717, 1.165) is 29.8 Å². The number of aryl methyl sites for hydroxylation is 1. The second-order valence-electron chi connectivity index (χ2n) is 7.11. The van der Waals surface area contributed by atoms with Crippen LogP contribution in [-0.2, 0) is 5.41 Å². The van der Waals surface area contributed by atoms with Gasteiger partial charge in [-0.2, -0.15) is 0 Å². The van der Waals surface area contributed by atoms with Crippen LogP contribution in [0.15, 0.2) is 66.7 Å². The van der Waals surface area contributed by atoms with Crippen LogP contribution in [0.4, 0.5) is 14.5 Å². The van der Waals surface area contributed by atoms with E-state index in [2.05, 4.69) is 37.1 Å². The Balaban J connectivity index is 2.04. The van der Waals surface area contributed by atoms with Gasteiger partial charge in [0.15, 0.2) is 0 Å². The predicted octanol–water partition coefficient (Wildman–Crippen LogP) is 5.45. The first-order valence-corrected chi connectivity index (χ1v) is 8.85. The molecule has 4 rings (SSSR count). The summed E-state index contributed by atoms with van der Waals surface area (Å²) in [7, 11) is 2.09. The molecule has 0 unspecified atom stereocenters. The van der Waals surface area contributed by atoms with Crippen molar-refractivity contribution in [2.75, 3.05) is 18.5 Å². The Morgan fingerprint density at radius 3 is 1.88 bits per heavy atom. The van der Waals surface area contributed by atoms with Crippen molar-refractivity contribution in [3.63, 3.8) is 0 Å². The van der Waals surface area contributed by atoms with E-state index >= 15 is 0 Å². The lowest BCUT2D eigenvalue weighted by atomic mass is 9.65. The van der Waals surface area contributed by atoms with Crippen LogP contribution in [0.5, 0.6) is 0 Å². The lowest BCUT2D eigenvalue weighted by molar-refractivity contribution is 0.529. The second-order valence-corrected chi connectivity index (χ2v) is 7.11. The van der Waals surface area contributed by atoms with E-state index in [1.54, 1.807) is 0 Å². The Kier molecular flexibility index (Phi) is 4.03. The molecule has 3 aromatic carbocycles. The molecule has 0 N–H and O–H groups in total. The van der Waals surface area contributed by atoms with Gasteiger partial charge in [0.2, 0.25) is 0 Å². The zero-order chi connectivity index (χ0) is 18.3. The van der Waals surface area contributed by atoms with E-state index in [1.807, 2.05) is 24.3 Å². The molecule has 0 spiro atoms. The monoisotopic (exact) mass is 349 g/mol. The van der Waals surface area contributed by atoms with Gasteiger partial charge in [0, 0.05) is 24.7 Å². The van der Waals surface area contributed by atoms with Crippen molar-refractivity contribution in [2.24, 2.45) is 0 Å². The van der Waals surface area contributed by atoms with Crippen LogP contribution in [0.2, 0.25) is 0 Å². The van der Waals surface area contributed by atoms with E-state index in [0.29, 0.717) is 0 Å². The highest BCUT2D eigenvalue weighted by molar-refractivity contribution is 5.66. The number of benzene rings is 3. The summed E-state index contributed by atoms with van der Waals surface area (Å²) in [6.07, 6.45) is 0.844. The van der Waals surface area contributed by atoms with Crippen molar-refractivity contribution in [2.45, 2.75) is 18.8 Å². The lowest BCUT2D eigenvalue weighted by Gasteiger charge is -2.44. The molecule has 0 radical (unpaired) electrons. The van der Waals surface area contributed by atoms with Gasteiger partial charge in [-0.25, -0.2) is 8.78 Å². The molecule has 0 atom stereocenters. The summed E-state index contributed by atoms with van der Waals surface area (Å²) >= 11 is 0. The molecule has 132 valence electrons. The number of fused-ring (bicyclic) bond motifs is 1. The summed E-state index contributed by atoms with van der Waals surface area (Å²) in [5, 5.41) is 0. The summed E-state index contributed by atoms with van der Waals surface area (Å²) in [5.41, 5.74) is 5.17. The first-order chi connectivity index (χ1) is 12.5. The molecule has 1 aliphatic heterocycles. The molecule has 1 heterocycles. The molecule has 0 aliphatic carbocycles. The first kappa shape index (κ1) is 16.8. The number of hydrogen-bond acceptors (Lipinski definition) is 1. The maximum absolute atomic E-state index is 13.6. The highest BCUT2D eigenvalue weighted by Gasteiger charge is 2.41. The standard InChI is InChI=1S/C23H21F2N/c1-16-3-12-22-21(15-16)23(13-14-26(22)2,17-4-8-19(24)9-5-17)18-6-10-20(25)11-7-18/h3-12,15H,13-14H2,1-2H3. The van der Waals surface area contributed by atoms with Crippen molar-refractivity contribution in [1.29, 1.82) is 0 Å². The van der Waals surface area contributed by atoms with E-state index in [4.69, 9.17) is 0 Å². The van der Waals surface area contributed by atoms with Gasteiger partial charge in [-0.15, -0.1) is 0 Å². The van der Waals surface area contributed by atoms with E-state index in [-0.39, 0.29) is 11.6 Å². The van der Waals surface area contributed by atoms with Crippen LogP contribution >= 0.6 is 0 Å². The van der Waals surface area contributed by atoms with Gasteiger partial charge in [-0.1, -0.05) is 42.0 Å². The van der Waals surface area contributed by atoms with Crippen molar-refractivity contribution in [3.8, 4) is 0 Å². The molecule has 1 aliphatic rings. The Morgan fingerprint density at radius 1 is 0.808 bits per heavy atom. The molecule has 0 bridgehead atoms. The maximum Gasteiger partial charge on any atom is 0.123 e. The van der Waals surface area contributed by atoms with Gasteiger partial charge in [0.1, 0.15) is 11.6 Å². The third-order valence-corrected chi connectivity index (χ3v) is 5.52. The highest BCUT2D eigenvalue weighted by atomic mass is 19.1. The summed E-state index contributed by atoms with van der Waals surface area (Å²) < 4.78 is 27.2. The Bertz CT molecular complexity index is 884. The molecule has 0 saturated heterocycles. The average Bonchev–Trinajstić information content (AvgIpc) is 2.64. The van der Waals surface area contributed by atoms with Gasteiger partial charge in [-0.05, 0) is 60.4 Å². The van der Waals surface area contributed by atoms with Crippen molar-refractivity contribution in [3.05, 3.63) is 101 Å². The molecule has 1 nitrogen and oxygen atoms in total. The molecule has 26 heavy (non-hydrogen) atoms. The predicted molar refractivity (Wildman–Crippen MR) is 102 cm³/mol. The highest BCUT2D eigenvalue weighted by Crippen LogP contribution is 2.49. The molecule has 3 heteroatoms. The van der Waals surface area contributed by atoms with Gasteiger partial charge in [-0.3, -0.25) is 0 Å². The van der Waals surface area contributed by atoms with Crippen LogP contribution in [0.3, 0.4) is 0 Å². The molecular formula is C23H21F2N. The topological polar surface area (TPSA) is 3.24 Å². The second kappa shape index (κ2) is 6.24. The van der Waals surface area contributed by atoms with Gasteiger partial charge >= 0.3 is 0 Å². The number of hydrogen-bond donors (Lipinski definition) is 0. The van der Waals surface area contributed by atoms with E-state index < -0.39 is 5.41 Å². The third-order valence-electron chi connectivity index (χ3n) is 5.52. The summed E-state index contributed by atoms with van der Waals surface area (Å²) in [6.45, 7) is 2.94. The van der Waals surface area contributed by atoms with Crippen molar-refractivity contribution < 1.29 is 8.78 Å². The number of rotatable bonds is 2. The minimum absolute atomic E-state index is 0.250. The van der Waals surface area contributed by atoms with Crippen LogP contribution in [-0.4, -0.2) is 13.6 Å². The van der Waals surface area contributed by atoms with Crippen LogP contribution in [0.25, 0.3) is 0 Å². The quantitative estimate of drug-likeness (QED) is 0.595. The van der Waals surface area contributed by atoms with Gasteiger partial charge in [0.25, 0.3) is 0 Å². The molecule has 0 aromatic heterocycles. The number of nitrogens with zero attached hydrogens (tertiary/aromatic N) is 1. The summed E-state index contributed by atoms with van der Waals surface area (Å²) in [5.74, 6) is -0.499. The van der Waals surface area contributed by atoms with Gasteiger partial charge < -0.3 is 4.90 Å².